The molecule has 0 aromatic heterocycles. The Hall–Kier alpha value is -0.780. The summed E-state index contributed by atoms with van der Waals surface area (Å²) in [7, 11) is 0. The first-order valence-electron chi connectivity index (χ1n) is 5.16. The van der Waals surface area contributed by atoms with Crippen molar-refractivity contribution >= 4 is 34.3 Å². The molecule has 18 heavy (non-hydrogen) atoms. The number of hydrogen-bond acceptors (Lipinski definition) is 3. The van der Waals surface area contributed by atoms with Gasteiger partial charge in [-0.2, -0.15) is 0 Å². The Balaban J connectivity index is 0.00000289. The molecule has 1 atom stereocenters. The fourth-order valence-electron chi connectivity index (χ4n) is 1.49. The zero-order valence-corrected chi connectivity index (χ0v) is 12.8. The molecule has 1 aromatic carbocycles. The number of nitrogens with two attached hydrogens (primary N) is 1. The summed E-state index contributed by atoms with van der Waals surface area (Å²) >= 11 is 3.22. The van der Waals surface area contributed by atoms with E-state index in [9.17, 15) is 9.90 Å². The lowest BCUT2D eigenvalue weighted by Crippen LogP contribution is -2.26. The quantitative estimate of drug-likeness (QED) is 0.772. The molecule has 1 rings (SSSR count). The lowest BCUT2D eigenvalue weighted by Gasteiger charge is -2.28. The maximum absolute atomic E-state index is 11.0. The van der Waals surface area contributed by atoms with E-state index in [-0.39, 0.29) is 29.1 Å². The van der Waals surface area contributed by atoms with Crippen LogP contribution in [-0.4, -0.2) is 16.2 Å². The van der Waals surface area contributed by atoms with Crippen LogP contribution in [0.2, 0.25) is 0 Å². The van der Waals surface area contributed by atoms with E-state index in [4.69, 9.17) is 10.8 Å². The molecular formula is C12H17BrClNO3. The highest BCUT2D eigenvalue weighted by atomic mass is 79.9. The van der Waals surface area contributed by atoms with Crippen molar-refractivity contribution < 1.29 is 15.0 Å². The van der Waals surface area contributed by atoms with Gasteiger partial charge in [-0.15, -0.1) is 12.4 Å². The van der Waals surface area contributed by atoms with E-state index in [1.807, 2.05) is 20.8 Å². The first kappa shape index (κ1) is 17.2. The number of benzene rings is 1. The molecule has 0 amide bonds. The minimum absolute atomic E-state index is 0. The summed E-state index contributed by atoms with van der Waals surface area (Å²) in [6.45, 7) is 5.79. The maximum Gasteiger partial charge on any atom is 0.339 e. The highest BCUT2D eigenvalue weighted by molar-refractivity contribution is 9.10. The Kier molecular flexibility index (Phi) is 5.65. The van der Waals surface area contributed by atoms with Crippen molar-refractivity contribution in [3.8, 4) is 5.75 Å². The third kappa shape index (κ3) is 3.60. The van der Waals surface area contributed by atoms with E-state index in [1.165, 1.54) is 6.07 Å². The number of rotatable bonds is 2. The van der Waals surface area contributed by atoms with Crippen molar-refractivity contribution in [2.24, 2.45) is 11.1 Å². The SMILES string of the molecule is CC(C)(C)[C@@H](N)c1cc(Br)cc(C(=O)O)c1O.Cl. The molecule has 4 N–H and O–H groups in total. The number of carbonyl (C=O) groups is 1. The number of carboxylic acids is 1. The largest absolute Gasteiger partial charge is 0.507 e. The molecule has 0 unspecified atom stereocenters. The number of carboxylic acid groups (broad SMARTS) is 1. The molecule has 6 heteroatoms. The van der Waals surface area contributed by atoms with Crippen molar-refractivity contribution in [3.05, 3.63) is 27.7 Å². The summed E-state index contributed by atoms with van der Waals surface area (Å²) in [6.07, 6.45) is 0. The molecule has 0 aliphatic heterocycles. The molecule has 0 spiro atoms. The topological polar surface area (TPSA) is 83.6 Å². The molecule has 0 heterocycles. The predicted octanol–water partition coefficient (Wildman–Crippen LogP) is 3.32. The fraction of sp³-hybridized carbons (Fsp3) is 0.417. The highest BCUT2D eigenvalue weighted by Gasteiger charge is 2.27. The van der Waals surface area contributed by atoms with Crippen LogP contribution in [0.3, 0.4) is 0 Å². The number of hydrogen-bond donors (Lipinski definition) is 3. The second kappa shape index (κ2) is 5.91. The van der Waals surface area contributed by atoms with Gasteiger partial charge in [0.05, 0.1) is 0 Å². The van der Waals surface area contributed by atoms with Gasteiger partial charge in [-0.05, 0) is 17.5 Å². The van der Waals surface area contributed by atoms with Crippen LogP contribution >= 0.6 is 28.3 Å². The monoisotopic (exact) mass is 337 g/mol. The first-order chi connectivity index (χ1) is 7.64. The van der Waals surface area contributed by atoms with E-state index >= 15 is 0 Å². The lowest BCUT2D eigenvalue weighted by atomic mass is 9.82. The summed E-state index contributed by atoms with van der Waals surface area (Å²) in [5, 5.41) is 18.9. The fourth-order valence-corrected chi connectivity index (χ4v) is 1.96. The molecule has 4 nitrogen and oxygen atoms in total. The molecule has 1 aromatic rings. The van der Waals surface area contributed by atoms with E-state index in [1.54, 1.807) is 6.07 Å². The van der Waals surface area contributed by atoms with Crippen LogP contribution in [0.15, 0.2) is 16.6 Å². The second-order valence-electron chi connectivity index (χ2n) is 5.04. The molecule has 0 saturated heterocycles. The molecule has 0 radical (unpaired) electrons. The smallest absolute Gasteiger partial charge is 0.339 e. The average molecular weight is 339 g/mol. The second-order valence-corrected chi connectivity index (χ2v) is 5.96. The van der Waals surface area contributed by atoms with E-state index in [2.05, 4.69) is 15.9 Å². The van der Waals surface area contributed by atoms with Gasteiger partial charge in [0.15, 0.2) is 0 Å². The van der Waals surface area contributed by atoms with Crippen molar-refractivity contribution in [2.45, 2.75) is 26.8 Å². The van der Waals surface area contributed by atoms with E-state index in [0.717, 1.165) is 0 Å². The van der Waals surface area contributed by atoms with Gasteiger partial charge < -0.3 is 15.9 Å². The first-order valence-corrected chi connectivity index (χ1v) is 5.95. The van der Waals surface area contributed by atoms with Crippen LogP contribution in [0, 0.1) is 5.41 Å². The molecule has 0 bridgehead atoms. The number of aromatic carboxylic acids is 1. The predicted molar refractivity (Wildman–Crippen MR) is 76.4 cm³/mol. The third-order valence-corrected chi connectivity index (χ3v) is 3.06. The number of aromatic hydroxyl groups is 1. The summed E-state index contributed by atoms with van der Waals surface area (Å²) < 4.78 is 0.586. The van der Waals surface area contributed by atoms with Crippen molar-refractivity contribution in [2.75, 3.05) is 0 Å². The average Bonchev–Trinajstić information content (AvgIpc) is 2.18. The maximum atomic E-state index is 11.0. The zero-order chi connectivity index (χ0) is 13.4. The van der Waals surface area contributed by atoms with Gasteiger partial charge in [-0.3, -0.25) is 0 Å². The number of phenols is 1. The normalized spacial score (nSPS) is 12.7. The van der Waals surface area contributed by atoms with Crippen LogP contribution in [0.4, 0.5) is 0 Å². The number of halogens is 2. The zero-order valence-electron chi connectivity index (χ0n) is 10.4. The van der Waals surface area contributed by atoms with Crippen LogP contribution < -0.4 is 5.73 Å². The Morgan fingerprint density at radius 2 is 1.89 bits per heavy atom. The molecule has 0 aliphatic carbocycles. The van der Waals surface area contributed by atoms with Crippen molar-refractivity contribution in [3.63, 3.8) is 0 Å². The Morgan fingerprint density at radius 1 is 1.39 bits per heavy atom. The van der Waals surface area contributed by atoms with Crippen LogP contribution in [-0.2, 0) is 0 Å². The van der Waals surface area contributed by atoms with Gasteiger partial charge in [0.2, 0.25) is 0 Å². The Bertz CT molecular complexity index is 457. The van der Waals surface area contributed by atoms with Crippen molar-refractivity contribution in [1.82, 2.24) is 0 Å². The Morgan fingerprint density at radius 3 is 2.28 bits per heavy atom. The Labute approximate surface area is 121 Å². The molecular weight excluding hydrogens is 321 g/mol. The molecule has 0 aliphatic rings. The van der Waals surface area contributed by atoms with Gasteiger partial charge >= 0.3 is 5.97 Å². The summed E-state index contributed by atoms with van der Waals surface area (Å²) in [5.74, 6) is -1.44. The molecule has 0 saturated carbocycles. The summed E-state index contributed by atoms with van der Waals surface area (Å²) in [5.41, 5.74) is 6.06. The van der Waals surface area contributed by atoms with E-state index < -0.39 is 12.0 Å². The van der Waals surface area contributed by atoms with Gasteiger partial charge in [-0.25, -0.2) is 4.79 Å². The van der Waals surface area contributed by atoms with Crippen LogP contribution in [0.5, 0.6) is 5.75 Å². The van der Waals surface area contributed by atoms with Crippen LogP contribution in [0.25, 0.3) is 0 Å². The van der Waals surface area contributed by atoms with Gasteiger partial charge in [0.1, 0.15) is 11.3 Å². The molecule has 0 fully saturated rings. The molecule has 102 valence electrons. The lowest BCUT2D eigenvalue weighted by molar-refractivity contribution is 0.0693. The third-order valence-electron chi connectivity index (χ3n) is 2.60. The minimum Gasteiger partial charge on any atom is -0.507 e. The van der Waals surface area contributed by atoms with Crippen molar-refractivity contribution in [1.29, 1.82) is 0 Å². The highest BCUT2D eigenvalue weighted by Crippen LogP contribution is 2.38. The summed E-state index contributed by atoms with van der Waals surface area (Å²) in [4.78, 5) is 11.0. The van der Waals surface area contributed by atoms with Crippen LogP contribution in [0.1, 0.15) is 42.7 Å². The van der Waals surface area contributed by atoms with E-state index in [0.29, 0.717) is 10.0 Å². The minimum atomic E-state index is -1.17. The van der Waals surface area contributed by atoms with Gasteiger partial charge in [0.25, 0.3) is 0 Å². The van der Waals surface area contributed by atoms with Gasteiger partial charge in [0, 0.05) is 16.1 Å². The van der Waals surface area contributed by atoms with Gasteiger partial charge in [-0.1, -0.05) is 36.7 Å². The summed E-state index contributed by atoms with van der Waals surface area (Å²) in [6, 6.07) is 2.56. The standard InChI is InChI=1S/C12H16BrNO3.ClH/c1-12(2,3)10(14)7-4-6(13)5-8(9(7)15)11(16)17;/h4-5,10,15H,14H2,1-3H3,(H,16,17);1H/t10-;/m0./s1.